The second-order valence-corrected chi connectivity index (χ2v) is 5.06. The number of halogens is 1. The van der Waals surface area contributed by atoms with E-state index in [9.17, 15) is 14.0 Å². The Morgan fingerprint density at radius 1 is 1.43 bits per heavy atom. The van der Waals surface area contributed by atoms with Crippen molar-refractivity contribution in [1.82, 2.24) is 4.98 Å². The maximum Gasteiger partial charge on any atom is 0.335 e. The van der Waals surface area contributed by atoms with E-state index in [2.05, 4.69) is 10.3 Å². The lowest BCUT2D eigenvalue weighted by Gasteiger charge is -2.05. The molecule has 6 nitrogen and oxygen atoms in total. The second kappa shape index (κ2) is 6.42. The average Bonchev–Trinajstić information content (AvgIpc) is 2.90. The number of anilines is 1. The lowest BCUT2D eigenvalue weighted by Crippen LogP contribution is -2.14. The molecular formula is C13H12FN3O3S. The lowest BCUT2D eigenvalue weighted by molar-refractivity contribution is 0.0696. The molecule has 1 heterocycles. The van der Waals surface area contributed by atoms with Crippen LogP contribution in [0.5, 0.6) is 0 Å². The minimum absolute atomic E-state index is 0.0987. The van der Waals surface area contributed by atoms with Crippen molar-refractivity contribution in [2.24, 2.45) is 5.73 Å². The third-order valence-electron chi connectivity index (χ3n) is 2.61. The Morgan fingerprint density at radius 2 is 2.19 bits per heavy atom. The molecule has 2 rings (SSSR count). The Labute approximate surface area is 123 Å². The van der Waals surface area contributed by atoms with Crippen LogP contribution in [0.2, 0.25) is 0 Å². The number of carbonyl (C=O) groups is 2. The Kier molecular flexibility index (Phi) is 4.61. The molecule has 0 saturated carbocycles. The van der Waals surface area contributed by atoms with E-state index in [-0.39, 0.29) is 16.9 Å². The zero-order valence-electron chi connectivity index (χ0n) is 10.8. The standard InChI is InChI=1S/C13H12FN3O3S/c14-8-5-7(13(19)20)1-2-9(8)17-12(18)10-6-21-11(16-10)3-4-15/h1-2,5-6H,3-4,15H2,(H,17,18)(H,19,20). The minimum Gasteiger partial charge on any atom is -0.478 e. The van der Waals surface area contributed by atoms with Crippen molar-refractivity contribution in [1.29, 1.82) is 0 Å². The highest BCUT2D eigenvalue weighted by molar-refractivity contribution is 7.09. The van der Waals surface area contributed by atoms with Gasteiger partial charge in [0.2, 0.25) is 0 Å². The Morgan fingerprint density at radius 3 is 2.81 bits per heavy atom. The van der Waals surface area contributed by atoms with Crippen LogP contribution >= 0.6 is 11.3 Å². The molecule has 1 amide bonds. The smallest absolute Gasteiger partial charge is 0.335 e. The molecule has 21 heavy (non-hydrogen) atoms. The van der Waals surface area contributed by atoms with E-state index in [0.29, 0.717) is 13.0 Å². The van der Waals surface area contributed by atoms with Gasteiger partial charge in [-0.1, -0.05) is 0 Å². The Bertz CT molecular complexity index is 687. The van der Waals surface area contributed by atoms with E-state index in [1.165, 1.54) is 23.5 Å². The van der Waals surface area contributed by atoms with Crippen LogP contribution in [0, 0.1) is 5.82 Å². The number of hydrogen-bond donors (Lipinski definition) is 3. The number of benzene rings is 1. The molecule has 0 aliphatic heterocycles. The maximum atomic E-state index is 13.7. The number of amides is 1. The van der Waals surface area contributed by atoms with Crippen LogP contribution in [0.25, 0.3) is 0 Å². The molecule has 0 unspecified atom stereocenters. The van der Waals surface area contributed by atoms with E-state index in [1.807, 2.05) is 0 Å². The number of carboxylic acids is 1. The molecule has 0 aliphatic rings. The van der Waals surface area contributed by atoms with Crippen LogP contribution in [0.4, 0.5) is 10.1 Å². The molecule has 8 heteroatoms. The van der Waals surface area contributed by atoms with Gasteiger partial charge in [0, 0.05) is 11.8 Å². The van der Waals surface area contributed by atoms with Crippen LogP contribution in [-0.4, -0.2) is 28.5 Å². The summed E-state index contributed by atoms with van der Waals surface area (Å²) in [6, 6.07) is 3.25. The number of aromatic carboxylic acids is 1. The number of thiazole rings is 1. The summed E-state index contributed by atoms with van der Waals surface area (Å²) in [5.74, 6) is -2.62. The van der Waals surface area contributed by atoms with E-state index >= 15 is 0 Å². The van der Waals surface area contributed by atoms with Crippen molar-refractivity contribution in [3.05, 3.63) is 45.7 Å². The van der Waals surface area contributed by atoms with Crippen molar-refractivity contribution in [3.8, 4) is 0 Å². The van der Waals surface area contributed by atoms with Gasteiger partial charge in [-0.2, -0.15) is 0 Å². The van der Waals surface area contributed by atoms with Gasteiger partial charge in [-0.15, -0.1) is 11.3 Å². The predicted octanol–water partition coefficient (Wildman–Crippen LogP) is 1.73. The minimum atomic E-state index is -1.24. The monoisotopic (exact) mass is 309 g/mol. The molecule has 0 radical (unpaired) electrons. The van der Waals surface area contributed by atoms with E-state index < -0.39 is 17.7 Å². The van der Waals surface area contributed by atoms with Gasteiger partial charge in [-0.3, -0.25) is 4.79 Å². The molecule has 1 aromatic heterocycles. The third kappa shape index (κ3) is 3.61. The molecule has 0 saturated heterocycles. The molecular weight excluding hydrogens is 297 g/mol. The summed E-state index contributed by atoms with van der Waals surface area (Å²) in [7, 11) is 0. The number of nitrogens with zero attached hydrogens (tertiary/aromatic N) is 1. The van der Waals surface area contributed by atoms with Crippen LogP contribution in [0.3, 0.4) is 0 Å². The van der Waals surface area contributed by atoms with Gasteiger partial charge in [0.1, 0.15) is 11.5 Å². The zero-order valence-corrected chi connectivity index (χ0v) is 11.6. The first-order valence-corrected chi connectivity index (χ1v) is 6.88. The summed E-state index contributed by atoms with van der Waals surface area (Å²) in [5.41, 5.74) is 5.28. The molecule has 0 spiro atoms. The summed E-state index contributed by atoms with van der Waals surface area (Å²) >= 11 is 1.30. The summed E-state index contributed by atoms with van der Waals surface area (Å²) in [4.78, 5) is 26.7. The fourth-order valence-corrected chi connectivity index (χ4v) is 2.38. The normalized spacial score (nSPS) is 10.4. The summed E-state index contributed by atoms with van der Waals surface area (Å²) < 4.78 is 13.7. The van der Waals surface area contributed by atoms with Crippen LogP contribution in [0.15, 0.2) is 23.6 Å². The summed E-state index contributed by atoms with van der Waals surface area (Å²) in [6.07, 6.45) is 0.569. The van der Waals surface area contributed by atoms with Crippen molar-refractivity contribution in [3.63, 3.8) is 0 Å². The maximum absolute atomic E-state index is 13.7. The number of rotatable bonds is 5. The Balaban J connectivity index is 2.13. The number of nitrogens with one attached hydrogen (secondary N) is 1. The zero-order chi connectivity index (χ0) is 15.4. The number of nitrogens with two attached hydrogens (primary N) is 1. The second-order valence-electron chi connectivity index (χ2n) is 4.12. The van der Waals surface area contributed by atoms with Crippen molar-refractivity contribution >= 4 is 28.9 Å². The fourth-order valence-electron chi connectivity index (χ4n) is 1.59. The number of carbonyl (C=O) groups excluding carboxylic acids is 1. The van der Waals surface area contributed by atoms with Gasteiger partial charge in [-0.25, -0.2) is 14.2 Å². The first-order chi connectivity index (χ1) is 10.0. The summed E-state index contributed by atoms with van der Waals surface area (Å²) in [6.45, 7) is 0.430. The first kappa shape index (κ1) is 15.1. The van der Waals surface area contributed by atoms with Gasteiger partial charge in [0.05, 0.1) is 16.3 Å². The number of aromatic nitrogens is 1. The van der Waals surface area contributed by atoms with Crippen molar-refractivity contribution < 1.29 is 19.1 Å². The van der Waals surface area contributed by atoms with Crippen LogP contribution in [-0.2, 0) is 6.42 Å². The van der Waals surface area contributed by atoms with Crippen molar-refractivity contribution in [2.75, 3.05) is 11.9 Å². The largest absolute Gasteiger partial charge is 0.478 e. The van der Waals surface area contributed by atoms with Gasteiger partial charge >= 0.3 is 5.97 Å². The molecule has 0 bridgehead atoms. The van der Waals surface area contributed by atoms with E-state index in [4.69, 9.17) is 10.8 Å². The first-order valence-electron chi connectivity index (χ1n) is 6.00. The van der Waals surface area contributed by atoms with Gasteiger partial charge in [0.15, 0.2) is 0 Å². The quantitative estimate of drug-likeness (QED) is 0.780. The SMILES string of the molecule is NCCc1nc(C(=O)Nc2ccc(C(=O)O)cc2F)cs1. The lowest BCUT2D eigenvalue weighted by atomic mass is 10.2. The molecule has 4 N–H and O–H groups in total. The number of hydrogen-bond acceptors (Lipinski definition) is 5. The number of carboxylic acid groups (broad SMARTS) is 1. The topological polar surface area (TPSA) is 105 Å². The predicted molar refractivity (Wildman–Crippen MR) is 76.2 cm³/mol. The third-order valence-corrected chi connectivity index (χ3v) is 3.52. The van der Waals surface area contributed by atoms with Crippen LogP contribution in [0.1, 0.15) is 25.9 Å². The van der Waals surface area contributed by atoms with Crippen LogP contribution < -0.4 is 11.1 Å². The fraction of sp³-hybridized carbons (Fsp3) is 0.154. The highest BCUT2D eigenvalue weighted by Crippen LogP contribution is 2.18. The average molecular weight is 309 g/mol. The van der Waals surface area contributed by atoms with Gasteiger partial charge in [0.25, 0.3) is 5.91 Å². The molecule has 0 atom stereocenters. The van der Waals surface area contributed by atoms with Crippen molar-refractivity contribution in [2.45, 2.75) is 6.42 Å². The highest BCUT2D eigenvalue weighted by atomic mass is 32.1. The van der Waals surface area contributed by atoms with Gasteiger partial charge in [-0.05, 0) is 24.7 Å². The van der Waals surface area contributed by atoms with E-state index in [0.717, 1.165) is 11.1 Å². The molecule has 1 aromatic carbocycles. The highest BCUT2D eigenvalue weighted by Gasteiger charge is 2.14. The molecule has 0 aliphatic carbocycles. The summed E-state index contributed by atoms with van der Waals surface area (Å²) in [5, 5.41) is 13.4. The molecule has 110 valence electrons. The molecule has 0 fully saturated rings. The van der Waals surface area contributed by atoms with Gasteiger partial charge < -0.3 is 16.2 Å². The molecule has 2 aromatic rings. The van der Waals surface area contributed by atoms with E-state index in [1.54, 1.807) is 5.38 Å². The Hall–Kier alpha value is -2.32.